The minimum absolute atomic E-state index is 0.310. The van der Waals surface area contributed by atoms with Gasteiger partial charge in [0.15, 0.2) is 0 Å². The molecule has 0 radical (unpaired) electrons. The van der Waals surface area contributed by atoms with E-state index in [4.69, 9.17) is 4.74 Å². The number of nitrogens with one attached hydrogen (secondary N) is 2. The van der Waals surface area contributed by atoms with Gasteiger partial charge in [-0.1, -0.05) is 91.0 Å². The van der Waals surface area contributed by atoms with Crippen molar-refractivity contribution < 1.29 is 19.1 Å². The van der Waals surface area contributed by atoms with Crippen LogP contribution in [0.2, 0.25) is 0 Å². The zero-order valence-corrected chi connectivity index (χ0v) is 20.9. The average molecular weight is 491 g/mol. The molecule has 0 aliphatic heterocycles. The van der Waals surface area contributed by atoms with Crippen LogP contribution in [0.5, 0.6) is 0 Å². The van der Waals surface area contributed by atoms with Gasteiger partial charge in [0.1, 0.15) is 17.2 Å². The molecule has 0 spiro atoms. The summed E-state index contributed by atoms with van der Waals surface area (Å²) in [4.78, 5) is 37.9. The lowest BCUT2D eigenvalue weighted by Gasteiger charge is -2.37. The third-order valence-corrected chi connectivity index (χ3v) is 5.64. The van der Waals surface area contributed by atoms with Crippen LogP contribution < -0.4 is 10.6 Å². The summed E-state index contributed by atoms with van der Waals surface area (Å²) in [7, 11) is 0. The molecular weight excluding hydrogens is 460 g/mol. The zero-order valence-electron chi connectivity index (χ0n) is 20.0. The summed E-state index contributed by atoms with van der Waals surface area (Å²) in [6.45, 7) is 5.14. The van der Waals surface area contributed by atoms with E-state index in [2.05, 4.69) is 23.3 Å². The first-order chi connectivity index (χ1) is 16.6. The van der Waals surface area contributed by atoms with Crippen LogP contribution >= 0.6 is 12.6 Å². The molecule has 6 nitrogen and oxygen atoms in total. The smallest absolute Gasteiger partial charge is 0.408 e. The molecule has 2 amide bonds. The van der Waals surface area contributed by atoms with E-state index in [1.54, 1.807) is 20.8 Å². The molecule has 7 heteroatoms. The molecule has 0 fully saturated rings. The van der Waals surface area contributed by atoms with Crippen LogP contribution in [-0.4, -0.2) is 28.8 Å². The molecule has 0 unspecified atom stereocenters. The van der Waals surface area contributed by atoms with Crippen molar-refractivity contribution in [3.8, 4) is 0 Å². The maximum absolute atomic E-state index is 13.5. The first-order valence-corrected chi connectivity index (χ1v) is 11.8. The molecule has 3 aromatic rings. The van der Waals surface area contributed by atoms with Gasteiger partial charge < -0.3 is 15.4 Å². The second-order valence-electron chi connectivity index (χ2n) is 9.14. The minimum atomic E-state index is -1.16. The second kappa shape index (κ2) is 11.2. The molecule has 0 aliphatic rings. The number of alkyl carbamates (subject to hydrolysis) is 1. The summed E-state index contributed by atoms with van der Waals surface area (Å²) < 4.78 is 5.24. The molecule has 0 saturated heterocycles. The first kappa shape index (κ1) is 26.0. The summed E-state index contributed by atoms with van der Waals surface area (Å²) >= 11 is 3.89. The number of benzene rings is 3. The zero-order chi connectivity index (χ0) is 25.5. The number of ether oxygens (including phenoxy) is 1. The highest BCUT2D eigenvalue weighted by molar-refractivity contribution is 7.96. The Hall–Kier alpha value is -3.58. The molecule has 0 heterocycles. The van der Waals surface area contributed by atoms with Gasteiger partial charge >= 0.3 is 6.09 Å². The van der Waals surface area contributed by atoms with Crippen LogP contribution in [0.4, 0.5) is 4.79 Å². The highest BCUT2D eigenvalue weighted by atomic mass is 32.1. The quantitative estimate of drug-likeness (QED) is 0.312. The summed E-state index contributed by atoms with van der Waals surface area (Å²) in [5.41, 5.74) is 0.759. The Morgan fingerprint density at radius 2 is 1.17 bits per heavy atom. The summed E-state index contributed by atoms with van der Waals surface area (Å²) in [6.07, 6.45) is -1.10. The van der Waals surface area contributed by atoms with Crippen molar-refractivity contribution in [1.82, 2.24) is 10.6 Å². The van der Waals surface area contributed by atoms with Crippen LogP contribution in [-0.2, 0) is 19.9 Å². The van der Waals surface area contributed by atoms with Crippen molar-refractivity contribution in [2.75, 3.05) is 0 Å². The highest BCUT2D eigenvalue weighted by Gasteiger charge is 2.38. The number of thiol groups is 1. The van der Waals surface area contributed by atoms with E-state index in [1.807, 2.05) is 91.0 Å². The van der Waals surface area contributed by atoms with Crippen molar-refractivity contribution in [3.63, 3.8) is 0 Å². The third-order valence-electron chi connectivity index (χ3n) is 5.33. The van der Waals surface area contributed by atoms with E-state index in [9.17, 15) is 14.4 Å². The summed E-state index contributed by atoms with van der Waals surface area (Å²) in [5, 5.41) is 4.99. The predicted molar refractivity (Wildman–Crippen MR) is 139 cm³/mol. The maximum atomic E-state index is 13.5. The standard InChI is InChI=1S/C28H30N2O4S/c1-27(2,3)34-26(33)29-23(25(32)35)19-24(31)30-28(20-13-7-4-8-14-20,21-15-9-5-10-16-21)22-17-11-6-12-18-22/h4-18,23H,19H2,1-3H3,(H,29,33)(H,30,31)(H,32,35)/t23-/m0/s1. The molecule has 35 heavy (non-hydrogen) atoms. The molecule has 0 saturated carbocycles. The van der Waals surface area contributed by atoms with Crippen LogP contribution in [0.15, 0.2) is 91.0 Å². The van der Waals surface area contributed by atoms with Gasteiger partial charge in [-0.15, -0.1) is 12.6 Å². The minimum Gasteiger partial charge on any atom is -0.444 e. The second-order valence-corrected chi connectivity index (χ2v) is 9.58. The first-order valence-electron chi connectivity index (χ1n) is 11.3. The lowest BCUT2D eigenvalue weighted by Crippen LogP contribution is -2.51. The number of amides is 2. The monoisotopic (exact) mass is 490 g/mol. The van der Waals surface area contributed by atoms with Gasteiger partial charge in [0.05, 0.1) is 6.42 Å². The van der Waals surface area contributed by atoms with Crippen molar-refractivity contribution in [3.05, 3.63) is 108 Å². The Balaban J connectivity index is 2.00. The van der Waals surface area contributed by atoms with Gasteiger partial charge in [0.2, 0.25) is 11.0 Å². The Bertz CT molecular complexity index is 1050. The summed E-state index contributed by atoms with van der Waals surface area (Å²) in [5.74, 6) is -0.440. The van der Waals surface area contributed by atoms with Gasteiger partial charge in [0, 0.05) is 0 Å². The van der Waals surface area contributed by atoms with Gasteiger partial charge in [-0.05, 0) is 37.5 Å². The van der Waals surface area contributed by atoms with Crippen molar-refractivity contribution in [2.24, 2.45) is 0 Å². The molecule has 1 atom stereocenters. The molecular formula is C28H30N2O4S. The van der Waals surface area contributed by atoms with E-state index >= 15 is 0 Å². The number of rotatable bonds is 8. The van der Waals surface area contributed by atoms with E-state index in [1.165, 1.54) is 0 Å². The van der Waals surface area contributed by atoms with Gasteiger partial charge in [-0.3, -0.25) is 9.59 Å². The van der Waals surface area contributed by atoms with E-state index in [-0.39, 0.29) is 6.42 Å². The molecule has 182 valence electrons. The summed E-state index contributed by atoms with van der Waals surface area (Å²) in [6, 6.07) is 27.7. The van der Waals surface area contributed by atoms with E-state index < -0.39 is 34.3 Å². The largest absolute Gasteiger partial charge is 0.444 e. The maximum Gasteiger partial charge on any atom is 0.408 e. The van der Waals surface area contributed by atoms with Crippen LogP contribution in [0.25, 0.3) is 0 Å². The molecule has 0 bridgehead atoms. The lowest BCUT2D eigenvalue weighted by molar-refractivity contribution is -0.125. The SMILES string of the molecule is CC(C)(C)OC(=O)N[C@@H](CC(=O)NC(c1ccccc1)(c1ccccc1)c1ccccc1)C(=O)S. The van der Waals surface area contributed by atoms with Gasteiger partial charge in [0.25, 0.3) is 0 Å². The van der Waals surface area contributed by atoms with Crippen molar-refractivity contribution in [2.45, 2.75) is 44.4 Å². The fraction of sp³-hybridized carbons (Fsp3) is 0.250. The van der Waals surface area contributed by atoms with Crippen LogP contribution in [0.3, 0.4) is 0 Å². The topological polar surface area (TPSA) is 84.5 Å². The number of hydrogen-bond acceptors (Lipinski definition) is 4. The normalized spacial score (nSPS) is 12.3. The predicted octanol–water partition coefficient (Wildman–Crippen LogP) is 4.83. The molecule has 2 N–H and O–H groups in total. The van der Waals surface area contributed by atoms with Gasteiger partial charge in [-0.25, -0.2) is 4.79 Å². The van der Waals surface area contributed by atoms with Gasteiger partial charge in [-0.2, -0.15) is 0 Å². The fourth-order valence-electron chi connectivity index (χ4n) is 3.88. The Morgan fingerprint density at radius 1 is 0.771 bits per heavy atom. The van der Waals surface area contributed by atoms with E-state index in [0.29, 0.717) is 0 Å². The Morgan fingerprint density at radius 3 is 1.51 bits per heavy atom. The number of hydrogen-bond donors (Lipinski definition) is 3. The van der Waals surface area contributed by atoms with E-state index in [0.717, 1.165) is 16.7 Å². The number of carbonyl (C=O) groups is 3. The van der Waals surface area contributed by atoms with Crippen LogP contribution in [0, 0.1) is 0 Å². The Labute approximate surface area is 211 Å². The third kappa shape index (κ3) is 6.73. The average Bonchev–Trinajstić information content (AvgIpc) is 2.82. The molecule has 3 rings (SSSR count). The van der Waals surface area contributed by atoms with Crippen molar-refractivity contribution >= 4 is 29.7 Å². The van der Waals surface area contributed by atoms with Crippen LogP contribution in [0.1, 0.15) is 43.9 Å². The molecule has 3 aromatic carbocycles. The molecule has 0 aliphatic carbocycles. The number of carbonyl (C=O) groups excluding carboxylic acids is 3. The highest BCUT2D eigenvalue weighted by Crippen LogP contribution is 2.36. The lowest BCUT2D eigenvalue weighted by atomic mass is 9.77. The van der Waals surface area contributed by atoms with Crippen molar-refractivity contribution in [1.29, 1.82) is 0 Å². The Kier molecular flexibility index (Phi) is 8.35. The molecule has 0 aromatic heterocycles. The fourth-order valence-corrected chi connectivity index (χ4v) is 4.03.